The number of nitrogens with zero attached hydrogens (tertiary/aromatic N) is 5. The van der Waals surface area contributed by atoms with E-state index in [1.54, 1.807) is 11.1 Å². The smallest absolute Gasteiger partial charge is 0.254 e. The number of amides is 2. The van der Waals surface area contributed by atoms with Gasteiger partial charge in [0.15, 0.2) is 0 Å². The minimum atomic E-state index is -0.563. The van der Waals surface area contributed by atoms with Gasteiger partial charge in [0.1, 0.15) is 5.82 Å². The Labute approximate surface area is 174 Å². The van der Waals surface area contributed by atoms with E-state index < -0.39 is 5.91 Å². The second-order valence-electron chi connectivity index (χ2n) is 7.71. The summed E-state index contributed by atoms with van der Waals surface area (Å²) >= 11 is 0. The molecular formula is C20H26N8O2. The van der Waals surface area contributed by atoms with Gasteiger partial charge in [0.25, 0.3) is 5.91 Å². The van der Waals surface area contributed by atoms with Gasteiger partial charge in [-0.1, -0.05) is 6.58 Å². The van der Waals surface area contributed by atoms with Crippen molar-refractivity contribution in [3.8, 4) is 0 Å². The number of hydrogen-bond acceptors (Lipinski definition) is 7. The predicted molar refractivity (Wildman–Crippen MR) is 112 cm³/mol. The zero-order valence-corrected chi connectivity index (χ0v) is 16.8. The van der Waals surface area contributed by atoms with Crippen LogP contribution in [0.2, 0.25) is 0 Å². The van der Waals surface area contributed by atoms with Gasteiger partial charge in [-0.3, -0.25) is 14.3 Å². The summed E-state index contributed by atoms with van der Waals surface area (Å²) in [5, 5.41) is 10.8. The molecule has 4 N–H and O–H groups in total. The van der Waals surface area contributed by atoms with Crippen LogP contribution in [0.1, 0.15) is 48.5 Å². The van der Waals surface area contributed by atoms with Gasteiger partial charge < -0.3 is 21.3 Å². The van der Waals surface area contributed by atoms with E-state index in [0.29, 0.717) is 24.4 Å². The van der Waals surface area contributed by atoms with Gasteiger partial charge in [0.05, 0.1) is 23.5 Å². The number of aromatic nitrogens is 4. The highest BCUT2D eigenvalue weighted by Crippen LogP contribution is 2.26. The molecule has 2 aromatic heterocycles. The van der Waals surface area contributed by atoms with Crippen LogP contribution in [0.3, 0.4) is 0 Å². The first-order chi connectivity index (χ1) is 14.5. The number of likely N-dealkylation sites (tertiary alicyclic amines) is 1. The molecule has 30 heavy (non-hydrogen) atoms. The summed E-state index contributed by atoms with van der Waals surface area (Å²) in [6.07, 6.45) is 11.5. The minimum Gasteiger partial charge on any atom is -0.367 e. The number of primary amides is 1. The fourth-order valence-electron chi connectivity index (χ4n) is 3.71. The molecule has 1 aliphatic heterocycles. The van der Waals surface area contributed by atoms with Crippen molar-refractivity contribution < 1.29 is 9.59 Å². The zero-order valence-electron chi connectivity index (χ0n) is 16.8. The van der Waals surface area contributed by atoms with Crippen molar-refractivity contribution in [2.45, 2.75) is 44.2 Å². The van der Waals surface area contributed by atoms with Gasteiger partial charge >= 0.3 is 0 Å². The molecule has 1 saturated heterocycles. The lowest BCUT2D eigenvalue weighted by molar-refractivity contribution is -0.127. The summed E-state index contributed by atoms with van der Waals surface area (Å²) < 4.78 is 1.86. The Balaban J connectivity index is 1.46. The van der Waals surface area contributed by atoms with Crippen LogP contribution in [0, 0.1) is 0 Å². The maximum atomic E-state index is 11.9. The lowest BCUT2D eigenvalue weighted by atomic mass is 9.93. The van der Waals surface area contributed by atoms with Crippen molar-refractivity contribution in [2.24, 2.45) is 5.73 Å². The Kier molecular flexibility index (Phi) is 5.64. The Morgan fingerprint density at radius 2 is 2.07 bits per heavy atom. The molecule has 0 bridgehead atoms. The molecule has 2 amide bonds. The Bertz CT molecular complexity index is 952. The van der Waals surface area contributed by atoms with Gasteiger partial charge in [-0.15, -0.1) is 0 Å². The molecule has 1 aliphatic carbocycles. The molecule has 10 heteroatoms. The molecule has 4 rings (SSSR count). The van der Waals surface area contributed by atoms with E-state index in [2.05, 4.69) is 32.3 Å². The summed E-state index contributed by atoms with van der Waals surface area (Å²) in [5.41, 5.74) is 6.45. The Hall–Kier alpha value is -3.43. The molecule has 1 unspecified atom stereocenters. The molecule has 0 spiro atoms. The van der Waals surface area contributed by atoms with Gasteiger partial charge in [-0.2, -0.15) is 10.1 Å². The number of nitrogens with two attached hydrogens (primary N) is 1. The van der Waals surface area contributed by atoms with E-state index in [-0.39, 0.29) is 17.5 Å². The summed E-state index contributed by atoms with van der Waals surface area (Å²) in [7, 11) is 0. The number of anilines is 3. The van der Waals surface area contributed by atoms with Crippen LogP contribution in [0.4, 0.5) is 17.5 Å². The van der Waals surface area contributed by atoms with Crippen molar-refractivity contribution in [2.75, 3.05) is 23.7 Å². The van der Waals surface area contributed by atoms with Crippen molar-refractivity contribution in [3.63, 3.8) is 0 Å². The topological polar surface area (TPSA) is 131 Å². The fourth-order valence-corrected chi connectivity index (χ4v) is 3.71. The number of carbonyl (C=O) groups excluding carboxylic acids is 2. The lowest BCUT2D eigenvalue weighted by Crippen LogP contribution is -2.39. The van der Waals surface area contributed by atoms with Gasteiger partial charge in [-0.25, -0.2) is 4.98 Å². The van der Waals surface area contributed by atoms with E-state index in [1.165, 1.54) is 12.3 Å². The highest BCUT2D eigenvalue weighted by atomic mass is 16.2. The van der Waals surface area contributed by atoms with E-state index in [1.807, 2.05) is 10.9 Å². The van der Waals surface area contributed by atoms with Crippen molar-refractivity contribution in [1.82, 2.24) is 24.6 Å². The molecule has 158 valence electrons. The van der Waals surface area contributed by atoms with Crippen LogP contribution in [0.15, 0.2) is 31.2 Å². The molecule has 2 aromatic rings. The summed E-state index contributed by atoms with van der Waals surface area (Å²) in [6, 6.07) is 0.410. The Morgan fingerprint density at radius 3 is 2.77 bits per heavy atom. The number of nitrogens with one attached hydrogen (secondary N) is 2. The normalized spacial score (nSPS) is 19.1. The third kappa shape index (κ3) is 4.27. The van der Waals surface area contributed by atoms with Crippen LogP contribution in [0.25, 0.3) is 0 Å². The molecule has 3 heterocycles. The molecule has 10 nitrogen and oxygen atoms in total. The average molecular weight is 410 g/mol. The first kappa shape index (κ1) is 19.9. The van der Waals surface area contributed by atoms with Gasteiger partial charge in [-0.05, 0) is 38.2 Å². The van der Waals surface area contributed by atoms with Crippen LogP contribution in [-0.2, 0) is 4.79 Å². The van der Waals surface area contributed by atoms with Crippen LogP contribution in [-0.4, -0.2) is 55.6 Å². The predicted octanol–water partition coefficient (Wildman–Crippen LogP) is 1.83. The molecule has 2 fully saturated rings. The lowest BCUT2D eigenvalue weighted by Gasteiger charge is -2.32. The second-order valence-corrected chi connectivity index (χ2v) is 7.71. The number of piperidine rings is 1. The van der Waals surface area contributed by atoms with E-state index >= 15 is 0 Å². The minimum absolute atomic E-state index is 0.0559. The molecule has 2 aliphatic rings. The maximum Gasteiger partial charge on any atom is 0.254 e. The number of hydrogen-bond donors (Lipinski definition) is 3. The monoisotopic (exact) mass is 410 g/mol. The summed E-state index contributed by atoms with van der Waals surface area (Å²) in [4.78, 5) is 34.0. The third-order valence-corrected chi connectivity index (χ3v) is 5.61. The Morgan fingerprint density at radius 1 is 1.23 bits per heavy atom. The largest absolute Gasteiger partial charge is 0.367 e. The van der Waals surface area contributed by atoms with Crippen molar-refractivity contribution in [3.05, 3.63) is 36.8 Å². The number of carbonyl (C=O) groups is 2. The van der Waals surface area contributed by atoms with E-state index in [4.69, 9.17) is 5.73 Å². The fraction of sp³-hybridized carbons (Fsp3) is 0.450. The van der Waals surface area contributed by atoms with Gasteiger partial charge in [0, 0.05) is 31.5 Å². The zero-order chi connectivity index (χ0) is 21.1. The molecular weight excluding hydrogens is 384 g/mol. The first-order valence-electron chi connectivity index (χ1n) is 10.2. The molecule has 0 aromatic carbocycles. The van der Waals surface area contributed by atoms with Gasteiger partial charge in [0.2, 0.25) is 11.9 Å². The molecule has 1 atom stereocenters. The van der Waals surface area contributed by atoms with E-state index in [0.717, 1.165) is 44.3 Å². The maximum absolute atomic E-state index is 11.9. The van der Waals surface area contributed by atoms with Crippen LogP contribution >= 0.6 is 0 Å². The standard InChI is InChI=1S/C20H26N8O2/c1-2-17(29)27-8-4-7-15(12-27)28-11-14(9-23-28)25-20-22-10-16(18(21)30)19(26-20)24-13-5-3-6-13/h2,9-11,13,15H,1,3-8,12H2,(H2,21,30)(H2,22,24,25,26). The highest BCUT2D eigenvalue weighted by molar-refractivity contribution is 5.97. The molecule has 1 saturated carbocycles. The second kappa shape index (κ2) is 8.52. The SMILES string of the molecule is C=CC(=O)N1CCCC(n2cc(Nc3ncc(C(N)=O)c(NC4CCC4)n3)cn2)C1. The van der Waals surface area contributed by atoms with Crippen LogP contribution < -0.4 is 16.4 Å². The molecule has 0 radical (unpaired) electrons. The highest BCUT2D eigenvalue weighted by Gasteiger charge is 2.24. The first-order valence-corrected chi connectivity index (χ1v) is 10.2. The van der Waals surface area contributed by atoms with Crippen LogP contribution in [0.5, 0.6) is 0 Å². The summed E-state index contributed by atoms with van der Waals surface area (Å²) in [5.74, 6) is 0.184. The quantitative estimate of drug-likeness (QED) is 0.593. The number of rotatable bonds is 7. The van der Waals surface area contributed by atoms with Crippen molar-refractivity contribution >= 4 is 29.3 Å². The summed E-state index contributed by atoms with van der Waals surface area (Å²) in [6.45, 7) is 4.91. The van der Waals surface area contributed by atoms with E-state index in [9.17, 15) is 9.59 Å². The third-order valence-electron chi connectivity index (χ3n) is 5.61. The average Bonchev–Trinajstić information content (AvgIpc) is 3.18. The van der Waals surface area contributed by atoms with Crippen molar-refractivity contribution in [1.29, 1.82) is 0 Å².